The van der Waals surface area contributed by atoms with E-state index < -0.39 is 23.5 Å². The van der Waals surface area contributed by atoms with Gasteiger partial charge in [0.15, 0.2) is 0 Å². The van der Waals surface area contributed by atoms with Gasteiger partial charge in [-0.3, -0.25) is 24.1 Å². The van der Waals surface area contributed by atoms with Gasteiger partial charge >= 0.3 is 6.03 Å². The number of carbonyl (C=O) groups is 5. The standard InChI is InChI=1S/C27H34N6O6S/c1-18(2)15-20(22(36)24-30-31-26(39-24)40-14-13-32-21(35)16-28-25(32)38)33(17-34)27(11-7-4-8-12-27)29-23(37)19-9-5-3-6-10-19/h3,5-6,9-10,17-18,20H,4,7-8,11-16H2,1-2H3,(H,28,38)(H,29,37)/t20-/m0/s1. The fraction of sp³-hybridized carbons (Fsp3) is 0.519. The Hall–Kier alpha value is -3.74. The summed E-state index contributed by atoms with van der Waals surface area (Å²) in [7, 11) is 0. The first kappa shape index (κ1) is 29.2. The van der Waals surface area contributed by atoms with Gasteiger partial charge in [0.2, 0.25) is 18.1 Å². The largest absolute Gasteiger partial charge is 0.408 e. The quantitative estimate of drug-likeness (QED) is 0.122. The second kappa shape index (κ2) is 13.1. The minimum absolute atomic E-state index is 0.0273. The second-order valence-corrected chi connectivity index (χ2v) is 11.4. The predicted octanol–water partition coefficient (Wildman–Crippen LogP) is 2.86. The lowest BCUT2D eigenvalue weighted by Crippen LogP contribution is -2.65. The summed E-state index contributed by atoms with van der Waals surface area (Å²) in [5, 5.41) is 13.6. The molecule has 1 aliphatic heterocycles. The molecular formula is C27H34N6O6S. The van der Waals surface area contributed by atoms with Crippen LogP contribution in [0.3, 0.4) is 0 Å². The smallest absolute Gasteiger partial charge is 0.324 e. The Bertz CT molecular complexity index is 1210. The van der Waals surface area contributed by atoms with Crippen LogP contribution in [-0.4, -0.2) is 80.6 Å². The van der Waals surface area contributed by atoms with Crippen molar-refractivity contribution in [2.75, 3.05) is 18.8 Å². The molecule has 1 atom stereocenters. The average Bonchev–Trinajstić information content (AvgIpc) is 3.55. The Morgan fingerprint density at radius 2 is 1.90 bits per heavy atom. The number of nitrogens with one attached hydrogen (secondary N) is 2. The molecule has 2 heterocycles. The second-order valence-electron chi connectivity index (χ2n) is 10.4. The molecule has 1 aromatic heterocycles. The molecule has 2 aromatic rings. The molecule has 1 saturated heterocycles. The summed E-state index contributed by atoms with van der Waals surface area (Å²) < 4.78 is 5.65. The van der Waals surface area contributed by atoms with Gasteiger partial charge < -0.3 is 20.0 Å². The van der Waals surface area contributed by atoms with Crippen LogP contribution < -0.4 is 10.6 Å². The number of thioether (sulfide) groups is 1. The monoisotopic (exact) mass is 570 g/mol. The number of benzene rings is 1. The van der Waals surface area contributed by atoms with Crippen molar-refractivity contribution in [3.63, 3.8) is 0 Å². The van der Waals surface area contributed by atoms with Crippen LogP contribution in [0.4, 0.5) is 4.79 Å². The predicted molar refractivity (Wildman–Crippen MR) is 145 cm³/mol. The van der Waals surface area contributed by atoms with E-state index in [-0.39, 0.29) is 41.9 Å². The maximum Gasteiger partial charge on any atom is 0.324 e. The van der Waals surface area contributed by atoms with Crippen LogP contribution >= 0.6 is 11.8 Å². The Balaban J connectivity index is 1.53. The molecule has 0 radical (unpaired) electrons. The van der Waals surface area contributed by atoms with Gasteiger partial charge in [0, 0.05) is 17.9 Å². The highest BCUT2D eigenvalue weighted by atomic mass is 32.2. The molecule has 1 aromatic carbocycles. The molecule has 2 N–H and O–H groups in total. The number of nitrogens with zero attached hydrogens (tertiary/aromatic N) is 4. The third-order valence-corrected chi connectivity index (χ3v) is 7.90. The van der Waals surface area contributed by atoms with Crippen molar-refractivity contribution in [1.82, 2.24) is 30.6 Å². The van der Waals surface area contributed by atoms with Crippen molar-refractivity contribution in [1.29, 1.82) is 0 Å². The summed E-state index contributed by atoms with van der Waals surface area (Å²) in [6.07, 6.45) is 4.55. The SMILES string of the molecule is CC(C)C[C@@H](C(=O)c1nnc(SCCN2C(=O)CNC2=O)o1)N(C=O)C1(NC(=O)c2ccccc2)CCCCC1. The van der Waals surface area contributed by atoms with Crippen LogP contribution in [0.25, 0.3) is 0 Å². The maximum absolute atomic E-state index is 13.8. The minimum Gasteiger partial charge on any atom is -0.408 e. The van der Waals surface area contributed by atoms with Crippen molar-refractivity contribution >= 4 is 41.8 Å². The Morgan fingerprint density at radius 1 is 1.18 bits per heavy atom. The Kier molecular flexibility index (Phi) is 9.56. The number of rotatable bonds is 13. The van der Waals surface area contributed by atoms with E-state index in [0.29, 0.717) is 37.0 Å². The van der Waals surface area contributed by atoms with Crippen LogP contribution in [0.5, 0.6) is 0 Å². The summed E-state index contributed by atoms with van der Waals surface area (Å²) >= 11 is 1.12. The number of aromatic nitrogens is 2. The molecule has 0 unspecified atom stereocenters. The topological polar surface area (TPSA) is 155 Å². The van der Waals surface area contributed by atoms with Crippen LogP contribution in [-0.2, 0) is 9.59 Å². The lowest BCUT2D eigenvalue weighted by atomic mass is 9.84. The molecule has 13 heteroatoms. The molecule has 2 fully saturated rings. The third kappa shape index (κ3) is 6.69. The number of imide groups is 1. The highest BCUT2D eigenvalue weighted by Crippen LogP contribution is 2.35. The molecule has 40 heavy (non-hydrogen) atoms. The first-order chi connectivity index (χ1) is 19.2. The lowest BCUT2D eigenvalue weighted by Gasteiger charge is -2.48. The summed E-state index contributed by atoms with van der Waals surface area (Å²) in [5.74, 6) is -1.02. The molecule has 0 spiro atoms. The number of carbonyl (C=O) groups excluding carboxylic acids is 5. The number of ketones is 1. The van der Waals surface area contributed by atoms with E-state index in [9.17, 15) is 24.0 Å². The normalized spacial score (nSPS) is 17.4. The van der Waals surface area contributed by atoms with Crippen molar-refractivity contribution in [3.05, 3.63) is 41.8 Å². The van der Waals surface area contributed by atoms with Crippen LogP contribution in [0.2, 0.25) is 0 Å². The molecular weight excluding hydrogens is 536 g/mol. The zero-order chi connectivity index (χ0) is 28.7. The van der Waals surface area contributed by atoms with E-state index in [2.05, 4.69) is 20.8 Å². The summed E-state index contributed by atoms with van der Waals surface area (Å²) in [6.45, 7) is 4.02. The third-order valence-electron chi connectivity index (χ3n) is 7.10. The molecule has 12 nitrogen and oxygen atoms in total. The fourth-order valence-electron chi connectivity index (χ4n) is 5.14. The van der Waals surface area contributed by atoms with E-state index in [0.717, 1.165) is 35.9 Å². The molecule has 0 bridgehead atoms. The number of hydrogen-bond donors (Lipinski definition) is 2. The van der Waals surface area contributed by atoms with E-state index in [4.69, 9.17) is 4.42 Å². The van der Waals surface area contributed by atoms with Gasteiger partial charge in [-0.25, -0.2) is 4.79 Å². The van der Waals surface area contributed by atoms with E-state index in [1.807, 2.05) is 19.9 Å². The van der Waals surface area contributed by atoms with Crippen molar-refractivity contribution < 1.29 is 28.4 Å². The van der Waals surface area contributed by atoms with Gasteiger partial charge in [-0.1, -0.05) is 50.2 Å². The Morgan fingerprint density at radius 3 is 2.52 bits per heavy atom. The Labute approximate surface area is 236 Å². The van der Waals surface area contributed by atoms with E-state index in [1.54, 1.807) is 24.3 Å². The molecule has 2 aliphatic rings. The number of urea groups is 1. The minimum atomic E-state index is -1.04. The summed E-state index contributed by atoms with van der Waals surface area (Å²) in [5.41, 5.74) is -0.570. The van der Waals surface area contributed by atoms with Crippen LogP contribution in [0.15, 0.2) is 40.0 Å². The van der Waals surface area contributed by atoms with Gasteiger partial charge in [0.1, 0.15) is 11.7 Å². The maximum atomic E-state index is 13.8. The average molecular weight is 571 g/mol. The highest BCUT2D eigenvalue weighted by molar-refractivity contribution is 7.99. The van der Waals surface area contributed by atoms with Gasteiger partial charge in [-0.05, 0) is 50.2 Å². The zero-order valence-electron chi connectivity index (χ0n) is 22.6. The molecule has 214 valence electrons. The zero-order valence-corrected chi connectivity index (χ0v) is 23.4. The van der Waals surface area contributed by atoms with E-state index in [1.165, 1.54) is 4.90 Å². The van der Waals surface area contributed by atoms with E-state index >= 15 is 0 Å². The summed E-state index contributed by atoms with van der Waals surface area (Å²) in [6, 6.07) is 7.39. The highest BCUT2D eigenvalue weighted by Gasteiger charge is 2.45. The number of hydrogen-bond acceptors (Lipinski definition) is 9. The van der Waals surface area contributed by atoms with Crippen molar-refractivity contribution in [2.45, 2.75) is 69.3 Å². The first-order valence-corrected chi connectivity index (χ1v) is 14.4. The summed E-state index contributed by atoms with van der Waals surface area (Å²) in [4.78, 5) is 65.7. The van der Waals surface area contributed by atoms with Gasteiger partial charge in [0.05, 0.1) is 6.54 Å². The fourth-order valence-corrected chi connectivity index (χ4v) is 5.82. The molecule has 4 rings (SSSR count). The number of Topliss-reactive ketones (excluding diaryl/α,β-unsaturated/α-hetero) is 1. The van der Waals surface area contributed by atoms with Crippen molar-refractivity contribution in [3.8, 4) is 0 Å². The number of amides is 5. The lowest BCUT2D eigenvalue weighted by molar-refractivity contribution is -0.129. The molecule has 5 amide bonds. The van der Waals surface area contributed by atoms with Crippen molar-refractivity contribution in [2.24, 2.45) is 5.92 Å². The first-order valence-electron chi connectivity index (χ1n) is 13.4. The molecule has 1 saturated carbocycles. The van der Waals surface area contributed by atoms with Gasteiger partial charge in [-0.2, -0.15) is 0 Å². The van der Waals surface area contributed by atoms with Crippen LogP contribution in [0, 0.1) is 5.92 Å². The van der Waals surface area contributed by atoms with Gasteiger partial charge in [0.25, 0.3) is 17.0 Å². The molecule has 1 aliphatic carbocycles. The van der Waals surface area contributed by atoms with Gasteiger partial charge in [-0.15, -0.1) is 10.2 Å². The van der Waals surface area contributed by atoms with Crippen LogP contribution in [0.1, 0.15) is 73.4 Å².